The van der Waals surface area contributed by atoms with Gasteiger partial charge >= 0.3 is 0 Å². The Hall–Kier alpha value is -13.6. The third-order valence-corrected chi connectivity index (χ3v) is 20.3. The fourth-order valence-corrected chi connectivity index (χ4v) is 15.2. The fraction of sp³-hybridized carbons (Fsp3) is 0. The third-order valence-electron chi connectivity index (χ3n) is 20.1. The SMILES string of the molecule is Clc1ccc(-c2c(-c3ccccc3)ccc3ccccc23)cc1.N.c1ccc(-c2ccc3ccccc3c2-c2ccc(N(c3ccc(-c4cccc5ccccc45)cc3)c3ccc4c(c3)oc3ccccc34)cc2)cc1.c1ccc2c(-c3ccc(Nc4ccc5c(c4)oc4ccccc45)cc3)cccc2c1. The summed E-state index contributed by atoms with van der Waals surface area (Å²) in [5.41, 5.74) is 23.5. The van der Waals surface area contributed by atoms with E-state index in [1.54, 1.807) is 0 Å². The molecule has 0 atom stereocenters. The minimum atomic E-state index is 0. The Kier molecular flexibility index (Phi) is 18.0. The predicted molar refractivity (Wildman–Crippen MR) is 451 cm³/mol. The summed E-state index contributed by atoms with van der Waals surface area (Å²) in [5, 5.41) is 18.8. The van der Waals surface area contributed by atoms with Crippen LogP contribution in [0.4, 0.5) is 28.4 Å². The second-order valence-electron chi connectivity index (χ2n) is 26.4. The number of nitrogens with zero attached hydrogens (tertiary/aromatic N) is 1. The van der Waals surface area contributed by atoms with Crippen molar-refractivity contribution in [3.63, 3.8) is 0 Å². The van der Waals surface area contributed by atoms with Crippen molar-refractivity contribution in [1.82, 2.24) is 6.15 Å². The maximum atomic E-state index is 6.38. The first-order valence-corrected chi connectivity index (χ1v) is 35.9. The number of rotatable bonds is 11. The zero-order chi connectivity index (χ0) is 70.0. The molecule has 504 valence electrons. The number of fused-ring (bicyclic) bond motifs is 10. The van der Waals surface area contributed by atoms with Gasteiger partial charge in [0.1, 0.15) is 22.3 Å². The first-order valence-electron chi connectivity index (χ1n) is 35.5. The molecular weight excluding hydrogens is 1310 g/mol. The topological polar surface area (TPSA) is 76.6 Å². The second kappa shape index (κ2) is 29.1. The molecule has 0 fully saturated rings. The van der Waals surface area contributed by atoms with Gasteiger partial charge in [0.05, 0.1) is 0 Å². The number of benzene rings is 18. The molecule has 5 nitrogen and oxygen atoms in total. The standard InChI is InChI=1S/C50H33NO.C28H19NO.C22H15Cl.H3N/c1-2-11-35(12-3-1)45-31-25-36-14-5-7-17-44(36)50(45)38-23-28-40(29-24-38)51(41-30-32-47-46-18-8-9-20-48(46)52-49(47)33-41)39-26-21-37(22-27-39)43-19-10-15-34-13-4-6-16-42(34)43;1-2-8-23-19(6-1)7-5-10-24(23)20-12-14-21(15-13-20)29-22-16-17-26-25-9-3-4-11-27(25)30-28(26)18-22;23-19-13-10-18(11-14-19)22-20-9-5-4-8-17(20)12-15-21(22)16-6-2-1-3-7-16;/h1-33H;1-18,29H;1-15H;1H3. The van der Waals surface area contributed by atoms with Gasteiger partial charge < -0.3 is 25.2 Å². The minimum Gasteiger partial charge on any atom is -0.456 e. The summed E-state index contributed by atoms with van der Waals surface area (Å²) in [6.07, 6.45) is 0. The van der Waals surface area contributed by atoms with Gasteiger partial charge in [-0.05, 0) is 195 Å². The lowest BCUT2D eigenvalue weighted by Crippen LogP contribution is -2.09. The highest BCUT2D eigenvalue weighted by Gasteiger charge is 2.20. The van der Waals surface area contributed by atoms with Gasteiger partial charge in [0.2, 0.25) is 0 Å². The van der Waals surface area contributed by atoms with Gasteiger partial charge in [0.25, 0.3) is 0 Å². The van der Waals surface area contributed by atoms with E-state index in [-0.39, 0.29) is 6.15 Å². The van der Waals surface area contributed by atoms with Crippen LogP contribution in [0.5, 0.6) is 0 Å². The van der Waals surface area contributed by atoms with E-state index in [0.717, 1.165) is 77.3 Å². The molecule has 0 spiro atoms. The lowest BCUT2D eigenvalue weighted by molar-refractivity contribution is 0.668. The summed E-state index contributed by atoms with van der Waals surface area (Å²) in [6, 6.07) is 141. The molecule has 0 amide bonds. The Morgan fingerprint density at radius 1 is 0.217 bits per heavy atom. The van der Waals surface area contributed by atoms with Gasteiger partial charge in [0.15, 0.2) is 0 Å². The first kappa shape index (κ1) is 65.7. The molecule has 20 rings (SSSR count). The molecule has 0 radical (unpaired) electrons. The van der Waals surface area contributed by atoms with Crippen molar-refractivity contribution < 1.29 is 8.83 Å². The van der Waals surface area contributed by atoms with E-state index in [4.69, 9.17) is 20.4 Å². The summed E-state index contributed by atoms with van der Waals surface area (Å²) in [4.78, 5) is 2.32. The number of hydrogen-bond donors (Lipinski definition) is 2. The van der Waals surface area contributed by atoms with Crippen molar-refractivity contribution >= 4 is 127 Å². The average molecular weight is 1380 g/mol. The van der Waals surface area contributed by atoms with Crippen molar-refractivity contribution in [3.8, 4) is 66.8 Å². The van der Waals surface area contributed by atoms with Crippen LogP contribution >= 0.6 is 11.6 Å². The molecule has 6 heteroatoms. The predicted octanol–water partition coefficient (Wildman–Crippen LogP) is 29.5. The molecule has 0 saturated carbocycles. The van der Waals surface area contributed by atoms with Gasteiger partial charge in [-0.25, -0.2) is 0 Å². The van der Waals surface area contributed by atoms with Gasteiger partial charge in [-0.2, -0.15) is 0 Å². The van der Waals surface area contributed by atoms with Crippen molar-refractivity contribution in [1.29, 1.82) is 0 Å². The maximum absolute atomic E-state index is 6.38. The Balaban J connectivity index is 0.000000129. The first-order chi connectivity index (χ1) is 52.0. The van der Waals surface area contributed by atoms with Gasteiger partial charge in [-0.1, -0.05) is 315 Å². The van der Waals surface area contributed by atoms with Crippen LogP contribution in [-0.4, -0.2) is 0 Å². The van der Waals surface area contributed by atoms with Crippen LogP contribution in [0, 0.1) is 0 Å². The van der Waals surface area contributed by atoms with Crippen molar-refractivity contribution in [3.05, 3.63) is 405 Å². The fourth-order valence-electron chi connectivity index (χ4n) is 15.0. The molecule has 106 heavy (non-hydrogen) atoms. The average Bonchev–Trinajstić information content (AvgIpc) is 1.26. The molecular formula is C100H70ClN3O2. The molecule has 0 aliphatic heterocycles. The summed E-state index contributed by atoms with van der Waals surface area (Å²) < 4.78 is 12.4. The van der Waals surface area contributed by atoms with E-state index in [1.807, 2.05) is 48.5 Å². The van der Waals surface area contributed by atoms with Crippen LogP contribution in [0.25, 0.3) is 154 Å². The van der Waals surface area contributed by atoms with E-state index in [2.05, 4.69) is 362 Å². The molecule has 2 aromatic heterocycles. The van der Waals surface area contributed by atoms with E-state index >= 15 is 0 Å². The van der Waals surface area contributed by atoms with Crippen LogP contribution in [0.1, 0.15) is 0 Å². The van der Waals surface area contributed by atoms with Gasteiger partial charge in [-0.15, -0.1) is 0 Å². The Bertz CT molecular complexity index is 6540. The monoisotopic (exact) mass is 1380 g/mol. The molecule has 0 saturated heterocycles. The highest BCUT2D eigenvalue weighted by Crippen LogP contribution is 2.45. The summed E-state index contributed by atoms with van der Waals surface area (Å²) in [5.74, 6) is 0. The van der Waals surface area contributed by atoms with Gasteiger partial charge in [0, 0.05) is 67.1 Å². The van der Waals surface area contributed by atoms with E-state index < -0.39 is 0 Å². The Morgan fingerprint density at radius 2 is 0.557 bits per heavy atom. The normalized spacial score (nSPS) is 11.2. The summed E-state index contributed by atoms with van der Waals surface area (Å²) >= 11 is 6.07. The number of nitrogens with one attached hydrogen (secondary N) is 1. The highest BCUT2D eigenvalue weighted by molar-refractivity contribution is 6.30. The van der Waals surface area contributed by atoms with E-state index in [0.29, 0.717) is 0 Å². The van der Waals surface area contributed by atoms with E-state index in [1.165, 1.54) is 110 Å². The minimum absolute atomic E-state index is 0. The molecule has 20 aromatic rings. The zero-order valence-electron chi connectivity index (χ0n) is 58.0. The lowest BCUT2D eigenvalue weighted by Gasteiger charge is -2.26. The Labute approximate surface area is 620 Å². The van der Waals surface area contributed by atoms with Crippen LogP contribution < -0.4 is 16.4 Å². The molecule has 4 N–H and O–H groups in total. The second-order valence-corrected chi connectivity index (χ2v) is 26.9. The van der Waals surface area contributed by atoms with Crippen molar-refractivity contribution in [2.75, 3.05) is 10.2 Å². The molecule has 0 aliphatic carbocycles. The van der Waals surface area contributed by atoms with Crippen LogP contribution in [0.3, 0.4) is 0 Å². The van der Waals surface area contributed by atoms with Crippen molar-refractivity contribution in [2.24, 2.45) is 0 Å². The lowest BCUT2D eigenvalue weighted by atomic mass is 9.89. The molecule has 0 bridgehead atoms. The van der Waals surface area contributed by atoms with Crippen LogP contribution in [0.2, 0.25) is 5.02 Å². The number of anilines is 5. The van der Waals surface area contributed by atoms with Crippen molar-refractivity contribution in [2.45, 2.75) is 0 Å². The number of furan rings is 2. The van der Waals surface area contributed by atoms with Crippen LogP contribution in [0.15, 0.2) is 409 Å². The summed E-state index contributed by atoms with van der Waals surface area (Å²) in [6.45, 7) is 0. The number of para-hydroxylation sites is 2. The molecule has 0 unspecified atom stereocenters. The molecule has 18 aromatic carbocycles. The quantitative estimate of drug-likeness (QED) is 0.135. The smallest absolute Gasteiger partial charge is 0.137 e. The van der Waals surface area contributed by atoms with Crippen LogP contribution in [-0.2, 0) is 0 Å². The van der Waals surface area contributed by atoms with Gasteiger partial charge in [-0.3, -0.25) is 0 Å². The molecule has 2 heterocycles. The largest absolute Gasteiger partial charge is 0.456 e. The number of halogens is 1. The zero-order valence-corrected chi connectivity index (χ0v) is 58.7. The summed E-state index contributed by atoms with van der Waals surface area (Å²) in [7, 11) is 0. The maximum Gasteiger partial charge on any atom is 0.137 e. The highest BCUT2D eigenvalue weighted by atomic mass is 35.5. The number of hydrogen-bond acceptors (Lipinski definition) is 5. The molecule has 0 aliphatic rings. The Morgan fingerprint density at radius 3 is 1.05 bits per heavy atom. The van der Waals surface area contributed by atoms with E-state index in [9.17, 15) is 0 Å². The third kappa shape index (κ3) is 12.9.